The Morgan fingerprint density at radius 1 is 1.14 bits per heavy atom. The summed E-state index contributed by atoms with van der Waals surface area (Å²) in [4.78, 5) is 24.5. The van der Waals surface area contributed by atoms with Crippen LogP contribution in [0.4, 0.5) is 5.69 Å². The molecule has 0 atom stereocenters. The number of anilines is 1. The Labute approximate surface area is 166 Å². The minimum atomic E-state index is -0.476. The molecular formula is C22H19N3O4. The lowest BCUT2D eigenvalue weighted by Crippen LogP contribution is -2.12. The molecule has 0 fully saturated rings. The van der Waals surface area contributed by atoms with E-state index in [1.54, 1.807) is 42.1 Å². The van der Waals surface area contributed by atoms with E-state index < -0.39 is 5.97 Å². The van der Waals surface area contributed by atoms with Gasteiger partial charge in [-0.15, -0.1) is 0 Å². The van der Waals surface area contributed by atoms with E-state index in [1.807, 2.05) is 37.3 Å². The van der Waals surface area contributed by atoms with E-state index in [-0.39, 0.29) is 24.0 Å². The summed E-state index contributed by atoms with van der Waals surface area (Å²) in [6.45, 7) is 3.89. The molecule has 29 heavy (non-hydrogen) atoms. The van der Waals surface area contributed by atoms with Crippen molar-refractivity contribution in [2.45, 2.75) is 13.8 Å². The number of benzene rings is 2. The summed E-state index contributed by atoms with van der Waals surface area (Å²) >= 11 is 0. The highest BCUT2D eigenvalue weighted by Crippen LogP contribution is 2.26. The Hall–Kier alpha value is -3.87. The van der Waals surface area contributed by atoms with Gasteiger partial charge in [0.15, 0.2) is 11.5 Å². The second-order valence-corrected chi connectivity index (χ2v) is 6.42. The van der Waals surface area contributed by atoms with Crippen molar-refractivity contribution in [3.8, 4) is 5.69 Å². The van der Waals surface area contributed by atoms with Gasteiger partial charge in [-0.2, -0.15) is 5.10 Å². The van der Waals surface area contributed by atoms with E-state index in [2.05, 4.69) is 10.4 Å². The van der Waals surface area contributed by atoms with Crippen LogP contribution < -0.4 is 5.32 Å². The molecule has 4 aromatic rings. The summed E-state index contributed by atoms with van der Waals surface area (Å²) in [7, 11) is 0. The molecular weight excluding hydrogens is 370 g/mol. The lowest BCUT2D eigenvalue weighted by Gasteiger charge is -2.07. The quantitative estimate of drug-likeness (QED) is 0.513. The van der Waals surface area contributed by atoms with Gasteiger partial charge >= 0.3 is 5.97 Å². The molecule has 7 heteroatoms. The number of aromatic nitrogens is 2. The third-order valence-corrected chi connectivity index (χ3v) is 4.49. The maximum absolute atomic E-state index is 12.7. The lowest BCUT2D eigenvalue weighted by molar-refractivity contribution is 0.0519. The van der Waals surface area contributed by atoms with Crippen molar-refractivity contribution in [3.63, 3.8) is 0 Å². The summed E-state index contributed by atoms with van der Waals surface area (Å²) < 4.78 is 12.2. The molecule has 0 saturated heterocycles. The van der Waals surface area contributed by atoms with Crippen LogP contribution >= 0.6 is 0 Å². The highest BCUT2D eigenvalue weighted by atomic mass is 16.5. The molecule has 146 valence electrons. The lowest BCUT2D eigenvalue weighted by atomic mass is 10.1. The predicted octanol–water partition coefficient (Wildman–Crippen LogP) is 4.36. The highest BCUT2D eigenvalue weighted by Gasteiger charge is 2.18. The average molecular weight is 389 g/mol. The number of hydrogen-bond acceptors (Lipinski definition) is 5. The number of esters is 1. The number of carbonyl (C=O) groups is 2. The van der Waals surface area contributed by atoms with Crippen molar-refractivity contribution in [1.29, 1.82) is 0 Å². The summed E-state index contributed by atoms with van der Waals surface area (Å²) in [5.41, 5.74) is 2.96. The number of nitrogens with zero attached hydrogens (tertiary/aromatic N) is 2. The van der Waals surface area contributed by atoms with Crippen LogP contribution in [0.15, 0.2) is 65.2 Å². The number of para-hydroxylation sites is 1. The number of amides is 1. The zero-order chi connectivity index (χ0) is 20.4. The SMILES string of the molecule is CCOC(=O)c1ccn(-c2cccc(NC(=O)c3oc4ccccc4c3C)c2)n1. The average Bonchev–Trinajstić information content (AvgIpc) is 3.34. The molecule has 2 aromatic heterocycles. The Morgan fingerprint density at radius 3 is 2.76 bits per heavy atom. The largest absolute Gasteiger partial charge is 0.461 e. The van der Waals surface area contributed by atoms with E-state index in [0.29, 0.717) is 17.0 Å². The van der Waals surface area contributed by atoms with E-state index >= 15 is 0 Å². The van der Waals surface area contributed by atoms with Crippen LogP contribution in [-0.4, -0.2) is 28.3 Å². The van der Waals surface area contributed by atoms with Gasteiger partial charge in [0, 0.05) is 22.8 Å². The minimum Gasteiger partial charge on any atom is -0.461 e. The molecule has 0 aliphatic rings. The van der Waals surface area contributed by atoms with Crippen molar-refractivity contribution >= 4 is 28.5 Å². The van der Waals surface area contributed by atoms with Crippen molar-refractivity contribution in [1.82, 2.24) is 9.78 Å². The minimum absolute atomic E-state index is 0.221. The van der Waals surface area contributed by atoms with Crippen molar-refractivity contribution < 1.29 is 18.7 Å². The van der Waals surface area contributed by atoms with Crippen LogP contribution in [0.5, 0.6) is 0 Å². The summed E-state index contributed by atoms with van der Waals surface area (Å²) in [6.07, 6.45) is 1.66. The smallest absolute Gasteiger partial charge is 0.358 e. The van der Waals surface area contributed by atoms with Crippen molar-refractivity contribution in [3.05, 3.63) is 77.8 Å². The fourth-order valence-electron chi connectivity index (χ4n) is 3.09. The van der Waals surface area contributed by atoms with E-state index in [4.69, 9.17) is 9.15 Å². The van der Waals surface area contributed by atoms with Gasteiger partial charge in [-0.05, 0) is 44.2 Å². The number of aryl methyl sites for hydroxylation is 1. The van der Waals surface area contributed by atoms with Crippen LogP contribution in [-0.2, 0) is 4.74 Å². The van der Waals surface area contributed by atoms with Crippen LogP contribution in [0, 0.1) is 6.92 Å². The molecule has 0 unspecified atom stereocenters. The number of hydrogen-bond donors (Lipinski definition) is 1. The number of rotatable bonds is 5. The van der Waals surface area contributed by atoms with Gasteiger partial charge < -0.3 is 14.5 Å². The monoisotopic (exact) mass is 389 g/mol. The van der Waals surface area contributed by atoms with Crippen LogP contribution in [0.3, 0.4) is 0 Å². The van der Waals surface area contributed by atoms with Crippen molar-refractivity contribution in [2.75, 3.05) is 11.9 Å². The van der Waals surface area contributed by atoms with Crippen LogP contribution in [0.2, 0.25) is 0 Å². The standard InChI is InChI=1S/C22H19N3O4/c1-3-28-22(27)18-11-12-25(24-18)16-8-6-7-15(13-16)23-21(26)20-14(2)17-9-4-5-10-19(17)29-20/h4-13H,3H2,1-2H3,(H,23,26). The van der Waals surface area contributed by atoms with Gasteiger partial charge in [0.05, 0.1) is 12.3 Å². The van der Waals surface area contributed by atoms with E-state index in [1.165, 1.54) is 0 Å². The molecule has 1 N–H and O–H groups in total. The van der Waals surface area contributed by atoms with E-state index in [0.717, 1.165) is 10.9 Å². The first kappa shape index (κ1) is 18.5. The topological polar surface area (TPSA) is 86.4 Å². The van der Waals surface area contributed by atoms with Gasteiger partial charge in [-0.1, -0.05) is 24.3 Å². The van der Waals surface area contributed by atoms with Crippen LogP contribution in [0.1, 0.15) is 33.5 Å². The first-order chi connectivity index (χ1) is 14.1. The molecule has 0 bridgehead atoms. The molecule has 0 radical (unpaired) electrons. The zero-order valence-corrected chi connectivity index (χ0v) is 16.0. The Balaban J connectivity index is 1.57. The van der Waals surface area contributed by atoms with Gasteiger partial charge in [0.25, 0.3) is 5.91 Å². The van der Waals surface area contributed by atoms with Gasteiger partial charge in [0.1, 0.15) is 5.58 Å². The number of carbonyl (C=O) groups excluding carboxylic acids is 2. The summed E-state index contributed by atoms with van der Waals surface area (Å²) in [6, 6.07) is 16.3. The molecule has 2 heterocycles. The first-order valence-corrected chi connectivity index (χ1v) is 9.19. The molecule has 0 saturated carbocycles. The second-order valence-electron chi connectivity index (χ2n) is 6.42. The molecule has 7 nitrogen and oxygen atoms in total. The predicted molar refractivity (Wildman–Crippen MR) is 108 cm³/mol. The normalized spacial score (nSPS) is 10.8. The third-order valence-electron chi connectivity index (χ3n) is 4.49. The Bertz CT molecular complexity index is 1210. The number of fused-ring (bicyclic) bond motifs is 1. The summed E-state index contributed by atoms with van der Waals surface area (Å²) in [5.74, 6) is -0.528. The molecule has 0 spiro atoms. The van der Waals surface area contributed by atoms with Gasteiger partial charge in [-0.3, -0.25) is 4.79 Å². The summed E-state index contributed by atoms with van der Waals surface area (Å²) in [5, 5.41) is 8.00. The molecule has 2 aromatic carbocycles. The highest BCUT2D eigenvalue weighted by molar-refractivity contribution is 6.06. The molecule has 1 amide bonds. The number of ether oxygens (including phenoxy) is 1. The fourth-order valence-corrected chi connectivity index (χ4v) is 3.09. The Kier molecular flexibility index (Phi) is 4.87. The molecule has 4 rings (SSSR count). The fraction of sp³-hybridized carbons (Fsp3) is 0.136. The van der Waals surface area contributed by atoms with Gasteiger partial charge in [0.2, 0.25) is 0 Å². The van der Waals surface area contributed by atoms with Gasteiger partial charge in [-0.25, -0.2) is 9.48 Å². The number of nitrogens with one attached hydrogen (secondary N) is 1. The third kappa shape index (κ3) is 3.62. The number of furan rings is 1. The van der Waals surface area contributed by atoms with Crippen molar-refractivity contribution in [2.24, 2.45) is 0 Å². The second kappa shape index (κ2) is 7.63. The zero-order valence-electron chi connectivity index (χ0n) is 16.0. The van der Waals surface area contributed by atoms with E-state index in [9.17, 15) is 9.59 Å². The Morgan fingerprint density at radius 2 is 1.97 bits per heavy atom. The maximum Gasteiger partial charge on any atom is 0.358 e. The molecule has 0 aliphatic carbocycles. The first-order valence-electron chi connectivity index (χ1n) is 9.19. The maximum atomic E-state index is 12.7. The van der Waals surface area contributed by atoms with Crippen LogP contribution in [0.25, 0.3) is 16.7 Å². The molecule has 0 aliphatic heterocycles.